The highest BCUT2D eigenvalue weighted by Gasteiger charge is 2.44. The first-order valence-corrected chi connectivity index (χ1v) is 9.03. The van der Waals surface area contributed by atoms with Crippen molar-refractivity contribution in [1.82, 2.24) is 9.80 Å². The number of rotatable bonds is 2. The maximum absolute atomic E-state index is 12.5. The van der Waals surface area contributed by atoms with E-state index in [1.807, 2.05) is 0 Å². The van der Waals surface area contributed by atoms with Crippen molar-refractivity contribution < 1.29 is 26.4 Å². The minimum atomic E-state index is -4.26. The summed E-state index contributed by atoms with van der Waals surface area (Å²) in [6, 6.07) is 0. The Balaban J connectivity index is 2.03. The van der Waals surface area contributed by atoms with Crippen LogP contribution in [0, 0.1) is 5.92 Å². The van der Waals surface area contributed by atoms with Crippen LogP contribution in [-0.4, -0.2) is 73.5 Å². The Morgan fingerprint density at radius 2 is 1.91 bits per heavy atom. The van der Waals surface area contributed by atoms with Crippen LogP contribution >= 0.6 is 0 Å². The third-order valence-electron chi connectivity index (χ3n) is 4.23. The standard InChI is InChI=1S/C13H21F3N2O3S/c1-12(2)8-17(9-13(14,15)16)4-5-18(12)11(19)10-3-6-22(20,21)7-10/h10H,3-9H2,1-2H3. The van der Waals surface area contributed by atoms with E-state index in [9.17, 15) is 26.4 Å². The SMILES string of the molecule is CC1(C)CN(CC(F)(F)F)CCN1C(=O)C1CCS(=O)(=O)C1. The van der Waals surface area contributed by atoms with Crippen LogP contribution < -0.4 is 0 Å². The van der Waals surface area contributed by atoms with Gasteiger partial charge in [-0.15, -0.1) is 0 Å². The monoisotopic (exact) mass is 342 g/mol. The third-order valence-corrected chi connectivity index (χ3v) is 6.00. The molecule has 22 heavy (non-hydrogen) atoms. The minimum absolute atomic E-state index is 0.0118. The van der Waals surface area contributed by atoms with E-state index < -0.39 is 34.0 Å². The zero-order valence-corrected chi connectivity index (χ0v) is 13.5. The highest BCUT2D eigenvalue weighted by molar-refractivity contribution is 7.91. The van der Waals surface area contributed by atoms with Crippen molar-refractivity contribution in [2.24, 2.45) is 5.92 Å². The Hall–Kier alpha value is -0.830. The molecule has 0 aromatic heterocycles. The van der Waals surface area contributed by atoms with Gasteiger partial charge in [0, 0.05) is 25.2 Å². The van der Waals surface area contributed by atoms with Crippen molar-refractivity contribution in [1.29, 1.82) is 0 Å². The Labute approximate surface area is 128 Å². The third kappa shape index (κ3) is 4.13. The zero-order valence-electron chi connectivity index (χ0n) is 12.7. The Morgan fingerprint density at radius 1 is 1.27 bits per heavy atom. The van der Waals surface area contributed by atoms with Crippen LogP contribution in [-0.2, 0) is 14.6 Å². The Bertz CT molecular complexity index is 545. The highest BCUT2D eigenvalue weighted by Crippen LogP contribution is 2.29. The van der Waals surface area contributed by atoms with Gasteiger partial charge in [-0.25, -0.2) is 8.42 Å². The number of halogens is 3. The number of nitrogens with zero attached hydrogens (tertiary/aromatic N) is 2. The van der Waals surface area contributed by atoms with Gasteiger partial charge in [0.15, 0.2) is 9.84 Å². The second-order valence-corrected chi connectivity index (χ2v) is 8.96. The maximum atomic E-state index is 12.5. The second-order valence-electron chi connectivity index (χ2n) is 6.73. The van der Waals surface area contributed by atoms with Gasteiger partial charge in [0.1, 0.15) is 0 Å². The fourth-order valence-electron chi connectivity index (χ4n) is 3.26. The molecular formula is C13H21F3N2O3S. The predicted octanol–water partition coefficient (Wildman–Crippen LogP) is 0.906. The summed E-state index contributed by atoms with van der Waals surface area (Å²) in [5.74, 6) is -0.945. The summed E-state index contributed by atoms with van der Waals surface area (Å²) >= 11 is 0. The van der Waals surface area contributed by atoms with Crippen LogP contribution in [0.3, 0.4) is 0 Å². The smallest absolute Gasteiger partial charge is 0.335 e. The lowest BCUT2D eigenvalue weighted by atomic mass is 9.95. The van der Waals surface area contributed by atoms with Crippen LogP contribution in [0.1, 0.15) is 20.3 Å². The molecule has 0 aromatic rings. The first-order valence-electron chi connectivity index (χ1n) is 7.21. The number of sulfone groups is 1. The molecular weight excluding hydrogens is 321 g/mol. The molecule has 2 rings (SSSR count). The van der Waals surface area contributed by atoms with Gasteiger partial charge < -0.3 is 4.90 Å². The van der Waals surface area contributed by atoms with Gasteiger partial charge in [-0.3, -0.25) is 9.69 Å². The van der Waals surface area contributed by atoms with Crippen molar-refractivity contribution in [3.05, 3.63) is 0 Å². The summed E-state index contributed by atoms with van der Waals surface area (Å²) in [5.41, 5.74) is -0.743. The summed E-state index contributed by atoms with van der Waals surface area (Å²) in [6.45, 7) is 2.91. The lowest BCUT2D eigenvalue weighted by Crippen LogP contribution is -2.63. The molecule has 2 saturated heterocycles. The molecule has 9 heteroatoms. The largest absolute Gasteiger partial charge is 0.401 e. The average molecular weight is 342 g/mol. The van der Waals surface area contributed by atoms with Crippen LogP contribution in [0.25, 0.3) is 0 Å². The topological polar surface area (TPSA) is 57.7 Å². The van der Waals surface area contributed by atoms with Gasteiger partial charge in [0.05, 0.1) is 24.0 Å². The number of hydrogen-bond acceptors (Lipinski definition) is 4. The molecule has 2 fully saturated rings. The summed E-state index contributed by atoms with van der Waals surface area (Å²) in [4.78, 5) is 15.4. The van der Waals surface area contributed by atoms with Crippen molar-refractivity contribution in [3.63, 3.8) is 0 Å². The predicted molar refractivity (Wildman–Crippen MR) is 75.0 cm³/mol. The molecule has 2 aliphatic heterocycles. The van der Waals surface area contributed by atoms with E-state index in [2.05, 4.69) is 0 Å². The lowest BCUT2D eigenvalue weighted by Gasteiger charge is -2.48. The van der Waals surface area contributed by atoms with E-state index in [0.29, 0.717) is 6.42 Å². The Morgan fingerprint density at radius 3 is 2.36 bits per heavy atom. The van der Waals surface area contributed by atoms with Gasteiger partial charge in [-0.1, -0.05) is 0 Å². The molecule has 1 amide bonds. The van der Waals surface area contributed by atoms with Crippen LogP contribution in [0.2, 0.25) is 0 Å². The minimum Gasteiger partial charge on any atom is -0.335 e. The number of amides is 1. The van der Waals surface area contributed by atoms with E-state index in [0.717, 1.165) is 0 Å². The summed E-state index contributed by atoms with van der Waals surface area (Å²) < 4.78 is 60.5. The molecule has 0 N–H and O–H groups in total. The average Bonchev–Trinajstić information content (AvgIpc) is 2.65. The second kappa shape index (κ2) is 5.67. The maximum Gasteiger partial charge on any atom is 0.401 e. The van der Waals surface area contributed by atoms with Gasteiger partial charge in [-0.2, -0.15) is 13.2 Å². The molecule has 0 spiro atoms. The molecule has 2 aliphatic rings. The molecule has 0 bridgehead atoms. The summed E-state index contributed by atoms with van der Waals surface area (Å²) in [7, 11) is -3.16. The number of alkyl halides is 3. The van der Waals surface area contributed by atoms with E-state index in [1.165, 1.54) is 4.90 Å². The number of carbonyl (C=O) groups excluding carboxylic acids is 1. The number of carbonyl (C=O) groups is 1. The van der Waals surface area contributed by atoms with E-state index in [4.69, 9.17) is 0 Å². The van der Waals surface area contributed by atoms with Crippen molar-refractivity contribution in [3.8, 4) is 0 Å². The van der Waals surface area contributed by atoms with Crippen LogP contribution in [0.5, 0.6) is 0 Å². The molecule has 0 radical (unpaired) electrons. The zero-order chi connectivity index (χ0) is 16.8. The first kappa shape index (κ1) is 17.5. The molecule has 5 nitrogen and oxygen atoms in total. The summed E-state index contributed by atoms with van der Waals surface area (Å²) in [6.07, 6.45) is -3.96. The summed E-state index contributed by atoms with van der Waals surface area (Å²) in [5, 5.41) is 0. The van der Waals surface area contributed by atoms with Crippen LogP contribution in [0.15, 0.2) is 0 Å². The molecule has 1 atom stereocenters. The molecule has 0 aromatic carbocycles. The lowest BCUT2D eigenvalue weighted by molar-refractivity contribution is -0.161. The van der Waals surface area contributed by atoms with Gasteiger partial charge in [0.2, 0.25) is 5.91 Å². The molecule has 2 heterocycles. The fourth-order valence-corrected chi connectivity index (χ4v) is 5.00. The normalized spacial score (nSPS) is 28.8. The molecule has 0 aliphatic carbocycles. The van der Waals surface area contributed by atoms with E-state index >= 15 is 0 Å². The number of piperazine rings is 1. The van der Waals surface area contributed by atoms with Crippen molar-refractivity contribution in [2.45, 2.75) is 32.0 Å². The molecule has 1 unspecified atom stereocenters. The fraction of sp³-hybridized carbons (Fsp3) is 0.923. The van der Waals surface area contributed by atoms with Gasteiger partial charge >= 0.3 is 6.18 Å². The van der Waals surface area contributed by atoms with Crippen molar-refractivity contribution >= 4 is 15.7 Å². The van der Waals surface area contributed by atoms with E-state index in [1.54, 1.807) is 18.7 Å². The van der Waals surface area contributed by atoms with Crippen molar-refractivity contribution in [2.75, 3.05) is 37.7 Å². The van der Waals surface area contributed by atoms with Gasteiger partial charge in [0.25, 0.3) is 0 Å². The molecule has 0 saturated carbocycles. The van der Waals surface area contributed by atoms with E-state index in [-0.39, 0.29) is 37.0 Å². The van der Waals surface area contributed by atoms with Crippen LogP contribution in [0.4, 0.5) is 13.2 Å². The van der Waals surface area contributed by atoms with Gasteiger partial charge in [-0.05, 0) is 20.3 Å². The number of hydrogen-bond donors (Lipinski definition) is 0. The molecule has 128 valence electrons. The first-order chi connectivity index (χ1) is 9.90. The Kier molecular flexibility index (Phi) is 4.51. The quantitative estimate of drug-likeness (QED) is 0.748. The highest BCUT2D eigenvalue weighted by atomic mass is 32.2.